The van der Waals surface area contributed by atoms with Gasteiger partial charge in [-0.1, -0.05) is 12.1 Å². The van der Waals surface area contributed by atoms with Gasteiger partial charge in [0.15, 0.2) is 0 Å². The summed E-state index contributed by atoms with van der Waals surface area (Å²) in [6, 6.07) is 5.69. The first kappa shape index (κ1) is 17.4. The molecular formula is C18H21FN4O2. The average Bonchev–Trinajstić information content (AvgIpc) is 2.64. The first-order valence-corrected chi connectivity index (χ1v) is 8.22. The van der Waals surface area contributed by atoms with Crippen molar-refractivity contribution >= 4 is 5.91 Å². The number of amides is 1. The molecule has 2 heterocycles. The number of rotatable bonds is 5. The number of ether oxygens (including phenoxy) is 1. The quantitative estimate of drug-likeness (QED) is 0.825. The van der Waals surface area contributed by atoms with Crippen LogP contribution in [0.3, 0.4) is 0 Å². The molecule has 3 rings (SSSR count). The zero-order valence-corrected chi connectivity index (χ0v) is 14.1. The van der Waals surface area contributed by atoms with Crippen molar-refractivity contribution in [3.8, 4) is 0 Å². The van der Waals surface area contributed by atoms with Gasteiger partial charge >= 0.3 is 0 Å². The highest BCUT2D eigenvalue weighted by atomic mass is 19.1. The minimum atomic E-state index is -0.540. The maximum absolute atomic E-state index is 13.7. The molecule has 1 aromatic heterocycles. The Balaban J connectivity index is 1.83. The lowest BCUT2D eigenvalue weighted by Crippen LogP contribution is -2.46. The maximum Gasteiger partial charge on any atom is 0.244 e. The number of morpholine rings is 1. The maximum atomic E-state index is 13.7. The molecule has 0 aliphatic carbocycles. The highest BCUT2D eigenvalue weighted by molar-refractivity contribution is 5.83. The van der Waals surface area contributed by atoms with Gasteiger partial charge in [-0.15, -0.1) is 0 Å². The lowest BCUT2D eigenvalue weighted by molar-refractivity contribution is -0.138. The number of nitrogens with zero attached hydrogens (tertiary/aromatic N) is 4. The molecule has 1 saturated heterocycles. The van der Waals surface area contributed by atoms with Crippen LogP contribution in [0.5, 0.6) is 0 Å². The molecule has 1 aliphatic heterocycles. The van der Waals surface area contributed by atoms with E-state index in [1.54, 1.807) is 42.7 Å². The summed E-state index contributed by atoms with van der Waals surface area (Å²) in [5.74, 6) is -0.446. The van der Waals surface area contributed by atoms with Crippen LogP contribution in [0, 0.1) is 5.82 Å². The zero-order valence-electron chi connectivity index (χ0n) is 14.1. The van der Waals surface area contributed by atoms with Crippen molar-refractivity contribution in [1.29, 1.82) is 0 Å². The highest BCUT2D eigenvalue weighted by Crippen LogP contribution is 2.25. The van der Waals surface area contributed by atoms with Gasteiger partial charge in [0.1, 0.15) is 11.9 Å². The van der Waals surface area contributed by atoms with Crippen molar-refractivity contribution in [3.63, 3.8) is 0 Å². The fourth-order valence-electron chi connectivity index (χ4n) is 2.96. The first-order valence-electron chi connectivity index (χ1n) is 8.22. The molecule has 0 radical (unpaired) electrons. The monoisotopic (exact) mass is 344 g/mol. The fourth-order valence-corrected chi connectivity index (χ4v) is 2.96. The van der Waals surface area contributed by atoms with Crippen LogP contribution in [0.1, 0.15) is 17.3 Å². The van der Waals surface area contributed by atoms with Gasteiger partial charge in [-0.2, -0.15) is 0 Å². The zero-order chi connectivity index (χ0) is 17.6. The molecule has 132 valence electrons. The second-order valence-corrected chi connectivity index (χ2v) is 6.00. The Labute approximate surface area is 146 Å². The number of hydrogen-bond acceptors (Lipinski definition) is 5. The van der Waals surface area contributed by atoms with E-state index < -0.39 is 6.04 Å². The third kappa shape index (κ3) is 4.37. The summed E-state index contributed by atoms with van der Waals surface area (Å²) in [4.78, 5) is 25.0. The topological polar surface area (TPSA) is 58.6 Å². The Bertz CT molecular complexity index is 707. The van der Waals surface area contributed by atoms with Crippen molar-refractivity contribution in [2.75, 3.05) is 33.4 Å². The van der Waals surface area contributed by atoms with E-state index in [0.29, 0.717) is 44.1 Å². The summed E-state index contributed by atoms with van der Waals surface area (Å²) in [6.45, 7) is 2.74. The van der Waals surface area contributed by atoms with Crippen molar-refractivity contribution in [3.05, 3.63) is 59.9 Å². The van der Waals surface area contributed by atoms with E-state index >= 15 is 0 Å². The molecular weight excluding hydrogens is 323 g/mol. The second-order valence-electron chi connectivity index (χ2n) is 6.00. The Hall–Kier alpha value is -2.38. The molecule has 6 nitrogen and oxygen atoms in total. The highest BCUT2D eigenvalue weighted by Gasteiger charge is 2.31. The third-order valence-electron chi connectivity index (χ3n) is 4.20. The minimum Gasteiger partial charge on any atom is -0.379 e. The molecule has 1 fully saturated rings. The van der Waals surface area contributed by atoms with Crippen molar-refractivity contribution in [2.24, 2.45) is 0 Å². The Morgan fingerprint density at radius 3 is 2.84 bits per heavy atom. The van der Waals surface area contributed by atoms with E-state index in [2.05, 4.69) is 9.97 Å². The smallest absolute Gasteiger partial charge is 0.244 e. The predicted octanol–water partition coefficient (Wildman–Crippen LogP) is 1.65. The van der Waals surface area contributed by atoms with Gasteiger partial charge in [0.2, 0.25) is 5.91 Å². The number of benzene rings is 1. The van der Waals surface area contributed by atoms with Crippen LogP contribution in [0.4, 0.5) is 4.39 Å². The van der Waals surface area contributed by atoms with E-state index in [1.165, 1.54) is 12.1 Å². The number of carbonyl (C=O) groups is 1. The molecule has 0 saturated carbocycles. The van der Waals surface area contributed by atoms with Crippen LogP contribution in [0.2, 0.25) is 0 Å². The van der Waals surface area contributed by atoms with E-state index in [0.717, 1.165) is 0 Å². The standard InChI is InChI=1S/C18H21FN4O2/c1-22(13-16-12-20-5-6-21-16)18(24)17(23-7-9-25-10-8-23)14-3-2-4-15(19)11-14/h2-6,11-12,17H,7-10,13H2,1H3/t17-/m1/s1. The number of aromatic nitrogens is 2. The van der Waals surface area contributed by atoms with Crippen molar-refractivity contribution < 1.29 is 13.9 Å². The van der Waals surface area contributed by atoms with E-state index in [4.69, 9.17) is 4.74 Å². The van der Waals surface area contributed by atoms with E-state index in [1.807, 2.05) is 4.90 Å². The van der Waals surface area contributed by atoms with Crippen molar-refractivity contribution in [1.82, 2.24) is 19.8 Å². The molecule has 0 unspecified atom stereocenters. The predicted molar refractivity (Wildman–Crippen MR) is 90.0 cm³/mol. The largest absolute Gasteiger partial charge is 0.379 e. The van der Waals surface area contributed by atoms with Gasteiger partial charge < -0.3 is 9.64 Å². The number of carbonyl (C=O) groups excluding carboxylic acids is 1. The first-order chi connectivity index (χ1) is 12.1. The van der Waals surface area contributed by atoms with Gasteiger partial charge in [0.05, 0.1) is 31.6 Å². The van der Waals surface area contributed by atoms with Crippen LogP contribution >= 0.6 is 0 Å². The van der Waals surface area contributed by atoms with E-state index in [9.17, 15) is 9.18 Å². The fraction of sp³-hybridized carbons (Fsp3) is 0.389. The molecule has 1 aliphatic rings. The Morgan fingerprint density at radius 2 is 2.16 bits per heavy atom. The SMILES string of the molecule is CN(Cc1cnccn1)C(=O)[C@@H](c1cccc(F)c1)N1CCOCC1. The summed E-state index contributed by atoms with van der Waals surface area (Å²) in [5, 5.41) is 0. The molecule has 7 heteroatoms. The van der Waals surface area contributed by atoms with Gasteiger partial charge in [0.25, 0.3) is 0 Å². The lowest BCUT2D eigenvalue weighted by Gasteiger charge is -2.35. The molecule has 0 N–H and O–H groups in total. The molecule has 2 aromatic rings. The lowest BCUT2D eigenvalue weighted by atomic mass is 10.0. The van der Waals surface area contributed by atoms with Gasteiger partial charge in [-0.05, 0) is 17.7 Å². The minimum absolute atomic E-state index is 0.0989. The van der Waals surface area contributed by atoms with Crippen LogP contribution in [-0.4, -0.2) is 59.0 Å². The Kier molecular flexibility index (Phi) is 5.67. The summed E-state index contributed by atoms with van der Waals surface area (Å²) < 4.78 is 19.1. The van der Waals surface area contributed by atoms with Crippen molar-refractivity contribution in [2.45, 2.75) is 12.6 Å². The van der Waals surface area contributed by atoms with Crippen LogP contribution in [0.25, 0.3) is 0 Å². The van der Waals surface area contributed by atoms with Gasteiger partial charge in [-0.3, -0.25) is 19.7 Å². The molecule has 0 spiro atoms. The number of halogens is 1. The summed E-state index contributed by atoms with van der Waals surface area (Å²) in [7, 11) is 1.73. The molecule has 1 atom stereocenters. The average molecular weight is 344 g/mol. The summed E-state index contributed by atoms with van der Waals surface area (Å²) in [5.41, 5.74) is 1.36. The second kappa shape index (κ2) is 8.13. The third-order valence-corrected chi connectivity index (χ3v) is 4.20. The van der Waals surface area contributed by atoms with Crippen LogP contribution in [0.15, 0.2) is 42.9 Å². The number of hydrogen-bond donors (Lipinski definition) is 0. The molecule has 25 heavy (non-hydrogen) atoms. The normalized spacial score (nSPS) is 16.4. The van der Waals surface area contributed by atoms with Gasteiger partial charge in [0, 0.05) is 32.5 Å². The molecule has 1 amide bonds. The molecule has 1 aromatic carbocycles. The Morgan fingerprint density at radius 1 is 1.36 bits per heavy atom. The molecule has 0 bridgehead atoms. The van der Waals surface area contributed by atoms with Crippen LogP contribution in [-0.2, 0) is 16.1 Å². The summed E-state index contributed by atoms with van der Waals surface area (Å²) >= 11 is 0. The van der Waals surface area contributed by atoms with E-state index in [-0.39, 0.29) is 11.7 Å². The summed E-state index contributed by atoms with van der Waals surface area (Å²) in [6.07, 6.45) is 4.82. The number of likely N-dealkylation sites (N-methyl/N-ethyl adjacent to an activating group) is 1. The van der Waals surface area contributed by atoms with Crippen LogP contribution < -0.4 is 0 Å². The van der Waals surface area contributed by atoms with Gasteiger partial charge in [-0.25, -0.2) is 4.39 Å².